The molecule has 0 spiro atoms. The van der Waals surface area contributed by atoms with E-state index in [2.05, 4.69) is 20.8 Å². The highest BCUT2D eigenvalue weighted by Gasteiger charge is 2.06. The molecule has 2 rings (SSSR count). The molecule has 0 unspecified atom stereocenters. The van der Waals surface area contributed by atoms with Crippen LogP contribution in [0.3, 0.4) is 0 Å². The number of nitrogen functional groups attached to an aromatic ring is 1. The Morgan fingerprint density at radius 3 is 2.61 bits per heavy atom. The van der Waals surface area contributed by atoms with Gasteiger partial charge in [-0.05, 0) is 24.3 Å². The summed E-state index contributed by atoms with van der Waals surface area (Å²) in [6, 6.07) is 6.56. The van der Waals surface area contributed by atoms with Crippen LogP contribution < -0.4 is 21.1 Å². The van der Waals surface area contributed by atoms with Crippen LogP contribution in [0.1, 0.15) is 0 Å². The van der Waals surface area contributed by atoms with Crippen LogP contribution in [-0.2, 0) is 0 Å². The SMILES string of the molecule is COc1ccc(NC(=O)Nc2[nH]ncc2N)cc1. The molecule has 0 aliphatic rings. The monoisotopic (exact) mass is 247 g/mol. The molecule has 0 aliphatic heterocycles. The first-order valence-electron chi connectivity index (χ1n) is 5.20. The summed E-state index contributed by atoms with van der Waals surface area (Å²) in [5, 5.41) is 11.5. The Morgan fingerprint density at radius 2 is 2.06 bits per heavy atom. The summed E-state index contributed by atoms with van der Waals surface area (Å²) in [6.07, 6.45) is 1.42. The Hall–Kier alpha value is -2.70. The van der Waals surface area contributed by atoms with Gasteiger partial charge in [0.25, 0.3) is 0 Å². The van der Waals surface area contributed by atoms with Gasteiger partial charge in [0.1, 0.15) is 5.75 Å². The number of aromatic amines is 1. The molecular weight excluding hydrogens is 234 g/mol. The number of H-pyrrole nitrogens is 1. The fourth-order valence-electron chi connectivity index (χ4n) is 1.35. The summed E-state index contributed by atoms with van der Waals surface area (Å²) in [5.74, 6) is 1.08. The molecule has 18 heavy (non-hydrogen) atoms. The van der Waals surface area contributed by atoms with E-state index in [9.17, 15) is 4.79 Å². The van der Waals surface area contributed by atoms with Gasteiger partial charge in [-0.25, -0.2) is 4.79 Å². The van der Waals surface area contributed by atoms with E-state index < -0.39 is 6.03 Å². The molecule has 0 bridgehead atoms. The Morgan fingerprint density at radius 1 is 1.33 bits per heavy atom. The predicted octanol–water partition coefficient (Wildman–Crippen LogP) is 1.64. The number of carbonyl (C=O) groups excluding carboxylic acids is 1. The minimum Gasteiger partial charge on any atom is -0.497 e. The Balaban J connectivity index is 1.96. The number of nitrogens with zero attached hydrogens (tertiary/aromatic N) is 1. The van der Waals surface area contributed by atoms with Crippen LogP contribution in [0.4, 0.5) is 22.0 Å². The van der Waals surface area contributed by atoms with Crippen LogP contribution >= 0.6 is 0 Å². The molecular formula is C11H13N5O2. The van der Waals surface area contributed by atoms with Crippen molar-refractivity contribution >= 4 is 23.2 Å². The van der Waals surface area contributed by atoms with Gasteiger partial charge in [0.15, 0.2) is 5.82 Å². The molecule has 0 saturated heterocycles. The lowest BCUT2D eigenvalue weighted by Gasteiger charge is -2.07. The maximum atomic E-state index is 11.6. The number of rotatable bonds is 3. The standard InChI is InChI=1S/C11H13N5O2/c1-18-8-4-2-7(3-5-8)14-11(17)15-10-9(12)6-13-16-10/h2-6H,12H2,1H3,(H3,13,14,15,16,17). The molecule has 5 N–H and O–H groups in total. The second-order valence-electron chi connectivity index (χ2n) is 3.51. The van der Waals surface area contributed by atoms with Gasteiger partial charge >= 0.3 is 6.03 Å². The first-order valence-corrected chi connectivity index (χ1v) is 5.20. The van der Waals surface area contributed by atoms with Crippen molar-refractivity contribution < 1.29 is 9.53 Å². The van der Waals surface area contributed by atoms with Crippen LogP contribution in [0.5, 0.6) is 5.75 Å². The second-order valence-corrected chi connectivity index (χ2v) is 3.51. The third-order valence-corrected chi connectivity index (χ3v) is 2.26. The molecule has 0 atom stereocenters. The summed E-state index contributed by atoms with van der Waals surface area (Å²) < 4.78 is 5.02. The first-order chi connectivity index (χ1) is 8.69. The number of nitrogens with one attached hydrogen (secondary N) is 3. The average molecular weight is 247 g/mol. The molecule has 7 heteroatoms. The molecule has 7 nitrogen and oxygen atoms in total. The Labute approximate surface area is 103 Å². The van der Waals surface area contributed by atoms with Crippen molar-refractivity contribution in [2.75, 3.05) is 23.5 Å². The highest BCUT2D eigenvalue weighted by Crippen LogP contribution is 2.16. The molecule has 0 radical (unpaired) electrons. The zero-order chi connectivity index (χ0) is 13.0. The molecule has 0 fully saturated rings. The van der Waals surface area contributed by atoms with E-state index in [1.807, 2.05) is 0 Å². The van der Waals surface area contributed by atoms with E-state index in [-0.39, 0.29) is 0 Å². The molecule has 94 valence electrons. The molecule has 1 aromatic carbocycles. The summed E-state index contributed by atoms with van der Waals surface area (Å²) >= 11 is 0. The third-order valence-electron chi connectivity index (χ3n) is 2.26. The predicted molar refractivity (Wildman–Crippen MR) is 68.6 cm³/mol. The van der Waals surface area contributed by atoms with Crippen LogP contribution in [0.2, 0.25) is 0 Å². The maximum Gasteiger partial charge on any atom is 0.324 e. The van der Waals surface area contributed by atoms with Gasteiger partial charge in [-0.1, -0.05) is 0 Å². The number of urea groups is 1. The number of anilines is 3. The smallest absolute Gasteiger partial charge is 0.324 e. The highest BCUT2D eigenvalue weighted by atomic mass is 16.5. The summed E-state index contributed by atoms with van der Waals surface area (Å²) in [6.45, 7) is 0. The quantitative estimate of drug-likeness (QED) is 0.661. The van der Waals surface area contributed by atoms with Crippen LogP contribution in [0, 0.1) is 0 Å². The molecule has 2 aromatic rings. The largest absolute Gasteiger partial charge is 0.497 e. The van der Waals surface area contributed by atoms with Crippen LogP contribution in [0.25, 0.3) is 0 Å². The van der Waals surface area contributed by atoms with Crippen molar-refractivity contribution in [1.82, 2.24) is 10.2 Å². The number of nitrogens with two attached hydrogens (primary N) is 1. The number of ether oxygens (including phenoxy) is 1. The normalized spacial score (nSPS) is 9.83. The lowest BCUT2D eigenvalue weighted by molar-refractivity contribution is 0.262. The zero-order valence-corrected chi connectivity index (χ0v) is 9.73. The second kappa shape index (κ2) is 5.09. The summed E-state index contributed by atoms with van der Waals surface area (Å²) in [4.78, 5) is 11.6. The molecule has 0 aliphatic carbocycles. The third kappa shape index (κ3) is 2.70. The fraction of sp³-hybridized carbons (Fsp3) is 0.0909. The number of methoxy groups -OCH3 is 1. The fourth-order valence-corrected chi connectivity index (χ4v) is 1.35. The van der Waals surface area contributed by atoms with Crippen molar-refractivity contribution in [3.8, 4) is 5.75 Å². The van der Waals surface area contributed by atoms with Gasteiger partial charge in [-0.15, -0.1) is 0 Å². The Kier molecular flexibility index (Phi) is 3.33. The number of carbonyl (C=O) groups is 1. The first kappa shape index (κ1) is 11.8. The Bertz CT molecular complexity index is 535. The lowest BCUT2D eigenvalue weighted by atomic mass is 10.3. The minimum absolute atomic E-state index is 0.362. The van der Waals surface area contributed by atoms with Gasteiger partial charge in [0, 0.05) is 5.69 Å². The van der Waals surface area contributed by atoms with E-state index in [0.29, 0.717) is 17.2 Å². The van der Waals surface area contributed by atoms with E-state index in [1.165, 1.54) is 6.20 Å². The molecule has 1 heterocycles. The van der Waals surface area contributed by atoms with Crippen molar-refractivity contribution in [2.24, 2.45) is 0 Å². The van der Waals surface area contributed by atoms with Gasteiger partial charge in [0.05, 0.1) is 19.0 Å². The van der Waals surface area contributed by atoms with E-state index in [0.717, 1.165) is 5.75 Å². The molecule has 2 amide bonds. The van der Waals surface area contributed by atoms with E-state index in [4.69, 9.17) is 10.5 Å². The van der Waals surface area contributed by atoms with Crippen molar-refractivity contribution in [3.05, 3.63) is 30.5 Å². The van der Waals surface area contributed by atoms with Crippen LogP contribution in [-0.4, -0.2) is 23.3 Å². The number of hydrogen-bond acceptors (Lipinski definition) is 4. The van der Waals surface area contributed by atoms with Crippen molar-refractivity contribution in [1.29, 1.82) is 0 Å². The van der Waals surface area contributed by atoms with Crippen molar-refractivity contribution in [2.45, 2.75) is 0 Å². The van der Waals surface area contributed by atoms with Gasteiger partial charge in [-0.3, -0.25) is 10.4 Å². The van der Waals surface area contributed by atoms with Gasteiger partial charge in [0.2, 0.25) is 0 Å². The highest BCUT2D eigenvalue weighted by molar-refractivity contribution is 6.00. The van der Waals surface area contributed by atoms with Gasteiger partial charge < -0.3 is 15.8 Å². The number of hydrogen-bond donors (Lipinski definition) is 4. The molecule has 0 saturated carbocycles. The summed E-state index contributed by atoms with van der Waals surface area (Å²) in [5.41, 5.74) is 6.59. The lowest BCUT2D eigenvalue weighted by Crippen LogP contribution is -2.20. The number of amides is 2. The number of benzene rings is 1. The van der Waals surface area contributed by atoms with Gasteiger partial charge in [-0.2, -0.15) is 5.10 Å². The van der Waals surface area contributed by atoms with Crippen LogP contribution in [0.15, 0.2) is 30.5 Å². The molecule has 1 aromatic heterocycles. The minimum atomic E-state index is -0.406. The van der Waals surface area contributed by atoms with E-state index >= 15 is 0 Å². The number of aromatic nitrogens is 2. The average Bonchev–Trinajstić information content (AvgIpc) is 2.76. The van der Waals surface area contributed by atoms with E-state index in [1.54, 1.807) is 31.4 Å². The van der Waals surface area contributed by atoms with Crippen molar-refractivity contribution in [3.63, 3.8) is 0 Å². The maximum absolute atomic E-state index is 11.6. The topological polar surface area (TPSA) is 105 Å². The summed E-state index contributed by atoms with van der Waals surface area (Å²) in [7, 11) is 1.58. The zero-order valence-electron chi connectivity index (χ0n) is 9.73.